The molecule has 0 aliphatic heterocycles. The van der Waals surface area contributed by atoms with E-state index in [1.165, 1.54) is 7.11 Å². The van der Waals surface area contributed by atoms with Crippen molar-refractivity contribution in [3.05, 3.63) is 40.0 Å². The molecular formula is C13H13NO4. The number of carbonyl (C=O) groups is 1. The number of methoxy groups -OCH3 is 1. The molecule has 0 bridgehead atoms. The summed E-state index contributed by atoms with van der Waals surface area (Å²) in [7, 11) is 1.28. The van der Waals surface area contributed by atoms with E-state index in [0.29, 0.717) is 11.1 Å². The lowest BCUT2D eigenvalue weighted by Crippen LogP contribution is -2.11. The first-order valence-electron chi connectivity index (χ1n) is 5.56. The molecule has 0 aliphatic carbocycles. The quantitative estimate of drug-likeness (QED) is 0.760. The van der Waals surface area contributed by atoms with E-state index in [2.05, 4.69) is 9.72 Å². The number of para-hydroxylation sites is 1. The fourth-order valence-electron chi connectivity index (χ4n) is 1.83. The molecule has 0 saturated carbocycles. The fraction of sp³-hybridized carbons (Fsp3) is 0.308. The molecule has 1 aromatic heterocycles. The van der Waals surface area contributed by atoms with Gasteiger partial charge in [0.2, 0.25) is 0 Å². The Labute approximate surface area is 103 Å². The van der Waals surface area contributed by atoms with Crippen LogP contribution < -0.4 is 5.76 Å². The molecule has 0 fully saturated rings. The van der Waals surface area contributed by atoms with Crippen LogP contribution in [-0.2, 0) is 4.74 Å². The van der Waals surface area contributed by atoms with Gasteiger partial charge in [0.05, 0.1) is 12.8 Å². The molecule has 5 nitrogen and oxygen atoms in total. The normalized spacial score (nSPS) is 10.9. The minimum Gasteiger partial charge on any atom is -0.465 e. The second kappa shape index (κ2) is 4.60. The third kappa shape index (κ3) is 1.99. The number of carbonyl (C=O) groups excluding carboxylic acids is 1. The highest BCUT2D eigenvalue weighted by atomic mass is 16.5. The Hall–Kier alpha value is -2.17. The molecule has 94 valence electrons. The molecule has 0 spiro atoms. The van der Waals surface area contributed by atoms with Gasteiger partial charge in [-0.05, 0) is 18.1 Å². The minimum absolute atomic E-state index is 0.0597. The summed E-state index contributed by atoms with van der Waals surface area (Å²) in [5.41, 5.74) is 1.08. The summed E-state index contributed by atoms with van der Waals surface area (Å²) in [6.07, 6.45) is 0. The molecule has 0 unspecified atom stereocenters. The molecule has 1 heterocycles. The van der Waals surface area contributed by atoms with Gasteiger partial charge < -0.3 is 9.15 Å². The first-order chi connectivity index (χ1) is 8.54. The van der Waals surface area contributed by atoms with Gasteiger partial charge in [0, 0.05) is 5.39 Å². The third-order valence-electron chi connectivity index (χ3n) is 2.64. The van der Waals surface area contributed by atoms with Crippen molar-refractivity contribution in [2.75, 3.05) is 7.11 Å². The Bertz CT molecular complexity index is 658. The summed E-state index contributed by atoms with van der Waals surface area (Å²) in [5.74, 6) is -1.18. The predicted octanol–water partition coefficient (Wildman–Crippen LogP) is 2.10. The van der Waals surface area contributed by atoms with Crippen molar-refractivity contribution >= 4 is 16.9 Å². The standard InChI is InChI=1S/C13H13NO4/c1-7(2)10-8-5-4-6-9(12(15)17-3)11(8)18-13(16)14-10/h4-7H,1-3H3. The van der Waals surface area contributed by atoms with Gasteiger partial charge in [-0.3, -0.25) is 0 Å². The summed E-state index contributed by atoms with van der Waals surface area (Å²) in [6.45, 7) is 3.85. The molecule has 0 N–H and O–H groups in total. The first kappa shape index (κ1) is 12.3. The van der Waals surface area contributed by atoms with Gasteiger partial charge in [0.25, 0.3) is 0 Å². The number of hydrogen-bond acceptors (Lipinski definition) is 5. The number of rotatable bonds is 2. The highest BCUT2D eigenvalue weighted by Gasteiger charge is 2.17. The van der Waals surface area contributed by atoms with Crippen LogP contribution in [-0.4, -0.2) is 18.1 Å². The average molecular weight is 247 g/mol. The summed E-state index contributed by atoms with van der Waals surface area (Å²) in [5, 5.41) is 0.660. The van der Waals surface area contributed by atoms with E-state index in [0.717, 1.165) is 0 Å². The first-order valence-corrected chi connectivity index (χ1v) is 5.56. The molecular weight excluding hydrogens is 234 g/mol. The lowest BCUT2D eigenvalue weighted by Gasteiger charge is -2.08. The van der Waals surface area contributed by atoms with Gasteiger partial charge in [0.15, 0.2) is 5.58 Å². The van der Waals surface area contributed by atoms with Crippen LogP contribution in [0.4, 0.5) is 0 Å². The Morgan fingerprint density at radius 1 is 1.39 bits per heavy atom. The van der Waals surface area contributed by atoms with Gasteiger partial charge in [-0.1, -0.05) is 19.9 Å². The van der Waals surface area contributed by atoms with Crippen molar-refractivity contribution in [3.8, 4) is 0 Å². The van der Waals surface area contributed by atoms with E-state index in [1.54, 1.807) is 18.2 Å². The van der Waals surface area contributed by atoms with E-state index in [4.69, 9.17) is 4.42 Å². The monoisotopic (exact) mass is 247 g/mol. The third-order valence-corrected chi connectivity index (χ3v) is 2.64. The van der Waals surface area contributed by atoms with Crippen molar-refractivity contribution in [2.24, 2.45) is 0 Å². The summed E-state index contributed by atoms with van der Waals surface area (Å²) < 4.78 is 9.70. The topological polar surface area (TPSA) is 69.4 Å². The number of aromatic nitrogens is 1. The Morgan fingerprint density at radius 3 is 2.72 bits per heavy atom. The van der Waals surface area contributed by atoms with Gasteiger partial charge in [-0.25, -0.2) is 9.59 Å². The molecule has 0 atom stereocenters. The van der Waals surface area contributed by atoms with Crippen LogP contribution in [0.2, 0.25) is 0 Å². The Morgan fingerprint density at radius 2 is 2.11 bits per heavy atom. The van der Waals surface area contributed by atoms with Crippen LogP contribution in [0.15, 0.2) is 27.4 Å². The Balaban J connectivity index is 2.86. The maximum atomic E-state index is 11.6. The van der Waals surface area contributed by atoms with Gasteiger partial charge in [0.1, 0.15) is 5.56 Å². The van der Waals surface area contributed by atoms with E-state index >= 15 is 0 Å². The molecule has 0 saturated heterocycles. The van der Waals surface area contributed by atoms with Gasteiger partial charge in [-0.2, -0.15) is 4.98 Å². The van der Waals surface area contributed by atoms with Gasteiger partial charge >= 0.3 is 11.7 Å². The second-order valence-corrected chi connectivity index (χ2v) is 4.19. The molecule has 0 radical (unpaired) electrons. The fourth-order valence-corrected chi connectivity index (χ4v) is 1.83. The van der Waals surface area contributed by atoms with Crippen LogP contribution in [0.3, 0.4) is 0 Å². The lowest BCUT2D eigenvalue weighted by molar-refractivity contribution is 0.0601. The zero-order valence-electron chi connectivity index (χ0n) is 10.4. The summed E-state index contributed by atoms with van der Waals surface area (Å²) in [4.78, 5) is 26.9. The van der Waals surface area contributed by atoms with Crippen LogP contribution in [0.1, 0.15) is 35.8 Å². The van der Waals surface area contributed by atoms with Crippen LogP contribution >= 0.6 is 0 Å². The number of ether oxygens (including phenoxy) is 1. The van der Waals surface area contributed by atoms with Crippen molar-refractivity contribution in [3.63, 3.8) is 0 Å². The van der Waals surface area contributed by atoms with Crippen molar-refractivity contribution < 1.29 is 13.9 Å². The molecule has 0 amide bonds. The van der Waals surface area contributed by atoms with E-state index in [1.807, 2.05) is 13.8 Å². The van der Waals surface area contributed by atoms with Gasteiger partial charge in [-0.15, -0.1) is 0 Å². The largest absolute Gasteiger partial charge is 0.465 e. The zero-order chi connectivity index (χ0) is 13.3. The predicted molar refractivity (Wildman–Crippen MR) is 65.7 cm³/mol. The summed E-state index contributed by atoms with van der Waals surface area (Å²) in [6, 6.07) is 5.04. The number of fused-ring (bicyclic) bond motifs is 1. The van der Waals surface area contributed by atoms with Crippen LogP contribution in [0, 0.1) is 0 Å². The second-order valence-electron chi connectivity index (χ2n) is 4.19. The molecule has 0 aliphatic rings. The maximum absolute atomic E-state index is 11.6. The van der Waals surface area contributed by atoms with Crippen molar-refractivity contribution in [1.82, 2.24) is 4.98 Å². The van der Waals surface area contributed by atoms with E-state index in [9.17, 15) is 9.59 Å². The molecule has 18 heavy (non-hydrogen) atoms. The van der Waals surface area contributed by atoms with E-state index in [-0.39, 0.29) is 17.1 Å². The van der Waals surface area contributed by atoms with Crippen molar-refractivity contribution in [1.29, 1.82) is 0 Å². The molecule has 2 rings (SSSR count). The lowest BCUT2D eigenvalue weighted by atomic mass is 10.0. The molecule has 5 heteroatoms. The number of nitrogens with zero attached hydrogens (tertiary/aromatic N) is 1. The molecule has 1 aromatic carbocycles. The summed E-state index contributed by atoms with van der Waals surface area (Å²) >= 11 is 0. The maximum Gasteiger partial charge on any atom is 0.439 e. The van der Waals surface area contributed by atoms with Crippen LogP contribution in [0.5, 0.6) is 0 Å². The highest BCUT2D eigenvalue weighted by molar-refractivity contribution is 6.02. The number of esters is 1. The zero-order valence-corrected chi connectivity index (χ0v) is 10.4. The van der Waals surface area contributed by atoms with Crippen molar-refractivity contribution in [2.45, 2.75) is 19.8 Å². The number of benzene rings is 1. The SMILES string of the molecule is COC(=O)c1cccc2c(C(C)C)nc(=O)oc12. The minimum atomic E-state index is -0.706. The smallest absolute Gasteiger partial charge is 0.439 e. The van der Waals surface area contributed by atoms with E-state index < -0.39 is 11.7 Å². The van der Waals surface area contributed by atoms with Crippen LogP contribution in [0.25, 0.3) is 11.0 Å². The average Bonchev–Trinajstić information content (AvgIpc) is 2.36. The highest BCUT2D eigenvalue weighted by Crippen LogP contribution is 2.24. The molecule has 2 aromatic rings. The number of hydrogen-bond donors (Lipinski definition) is 0. The Kier molecular flexibility index (Phi) is 3.14.